The molecule has 4 nitrogen and oxygen atoms in total. The van der Waals surface area contributed by atoms with Crippen LogP contribution in [0, 0.1) is 11.3 Å². The van der Waals surface area contributed by atoms with Crippen LogP contribution in [0.1, 0.15) is 22.0 Å². The zero-order chi connectivity index (χ0) is 11.4. The van der Waals surface area contributed by atoms with Gasteiger partial charge in [0.1, 0.15) is 12.4 Å². The van der Waals surface area contributed by atoms with Gasteiger partial charge in [-0.3, -0.25) is 4.79 Å². The largest absolute Gasteiger partial charge is 0.385 e. The predicted octanol–water partition coefficient (Wildman–Crippen LogP) is 1.07. The van der Waals surface area contributed by atoms with Crippen molar-refractivity contribution >= 4 is 17.9 Å². The number of hydrogen-bond acceptors (Lipinski definition) is 4. The maximum atomic E-state index is 10.7. The molecule has 0 bridgehead atoms. The monoisotopic (exact) mass is 225 g/mol. The number of carbonyl (C=O) groups excluding carboxylic acids is 1. The fourth-order valence-electron chi connectivity index (χ4n) is 1.16. The topological polar surface area (TPSA) is 81.3 Å². The number of halogens is 1. The summed E-state index contributed by atoms with van der Waals surface area (Å²) in [5.41, 5.74) is 0.341. The Kier molecular flexibility index (Phi) is 3.81. The molecule has 0 fully saturated rings. The minimum atomic E-state index is -1.56. The van der Waals surface area contributed by atoms with Crippen molar-refractivity contribution in [1.29, 1.82) is 5.26 Å². The summed E-state index contributed by atoms with van der Waals surface area (Å²) < 4.78 is 0. The van der Waals surface area contributed by atoms with E-state index in [1.807, 2.05) is 0 Å². The van der Waals surface area contributed by atoms with E-state index < -0.39 is 12.2 Å². The third-order valence-electron chi connectivity index (χ3n) is 1.93. The molecule has 0 aliphatic carbocycles. The van der Waals surface area contributed by atoms with Crippen LogP contribution in [-0.2, 0) is 0 Å². The Morgan fingerprint density at radius 1 is 1.47 bits per heavy atom. The molecule has 1 aromatic carbocycles. The molecule has 2 atom stereocenters. The number of benzene rings is 1. The van der Waals surface area contributed by atoms with E-state index in [4.69, 9.17) is 22.0 Å². The van der Waals surface area contributed by atoms with E-state index in [1.165, 1.54) is 24.3 Å². The maximum Gasteiger partial charge on any atom is 0.170 e. The molecule has 2 unspecified atom stereocenters. The molecule has 0 aliphatic heterocycles. The Labute approximate surface area is 91.3 Å². The first kappa shape index (κ1) is 11.7. The average Bonchev–Trinajstić information content (AvgIpc) is 2.26. The van der Waals surface area contributed by atoms with E-state index in [9.17, 15) is 9.90 Å². The fraction of sp³-hybridized carbons (Fsp3) is 0.200. The minimum absolute atomic E-state index is 0.157. The van der Waals surface area contributed by atoms with E-state index in [0.717, 1.165) is 0 Å². The van der Waals surface area contributed by atoms with Crippen LogP contribution < -0.4 is 0 Å². The number of aliphatic hydroxyl groups is 2. The number of hydrogen-bond donors (Lipinski definition) is 2. The number of nitrogens with zero attached hydrogens (tertiary/aromatic N) is 1. The Balaban J connectivity index is 3.14. The summed E-state index contributed by atoms with van der Waals surface area (Å²) in [5, 5.41) is 27.4. The highest BCUT2D eigenvalue weighted by atomic mass is 35.5. The molecule has 0 amide bonds. The molecule has 15 heavy (non-hydrogen) atoms. The number of aldehydes is 1. The highest BCUT2D eigenvalue weighted by Gasteiger charge is 2.20. The van der Waals surface area contributed by atoms with Crippen LogP contribution in [0.25, 0.3) is 0 Å². The van der Waals surface area contributed by atoms with Gasteiger partial charge in [-0.05, 0) is 17.7 Å². The van der Waals surface area contributed by atoms with E-state index in [2.05, 4.69) is 0 Å². The molecule has 0 heterocycles. The summed E-state index contributed by atoms with van der Waals surface area (Å²) >= 11 is 5.65. The van der Waals surface area contributed by atoms with Gasteiger partial charge >= 0.3 is 0 Å². The normalized spacial score (nSPS) is 14.0. The summed E-state index contributed by atoms with van der Waals surface area (Å²) in [6.07, 6.45) is -2.47. The quantitative estimate of drug-likeness (QED) is 0.596. The zero-order valence-electron chi connectivity index (χ0n) is 7.59. The molecule has 0 saturated carbocycles. The zero-order valence-corrected chi connectivity index (χ0v) is 8.35. The van der Waals surface area contributed by atoms with Crippen molar-refractivity contribution in [1.82, 2.24) is 0 Å². The van der Waals surface area contributed by atoms with E-state index in [0.29, 0.717) is 11.3 Å². The Bertz CT molecular complexity index is 414. The van der Waals surface area contributed by atoms with Crippen LogP contribution >= 0.6 is 11.6 Å². The second-order valence-corrected chi connectivity index (χ2v) is 3.35. The van der Waals surface area contributed by atoms with Gasteiger partial charge in [-0.15, -0.1) is 0 Å². The standard InChI is InChI=1S/C10H8ClNO3/c11-7-1-2-8(6(3-7)5-13)10(15)9(14)4-12/h1-3,5,9-10,14-15H. The third-order valence-corrected chi connectivity index (χ3v) is 2.16. The van der Waals surface area contributed by atoms with Crippen molar-refractivity contribution < 1.29 is 15.0 Å². The van der Waals surface area contributed by atoms with Crippen molar-refractivity contribution in [3.63, 3.8) is 0 Å². The van der Waals surface area contributed by atoms with Gasteiger partial charge in [-0.2, -0.15) is 5.26 Å². The van der Waals surface area contributed by atoms with Gasteiger partial charge in [-0.1, -0.05) is 17.7 Å². The van der Waals surface area contributed by atoms with Crippen LogP contribution in [0.5, 0.6) is 0 Å². The van der Waals surface area contributed by atoms with E-state index >= 15 is 0 Å². The van der Waals surface area contributed by atoms with Crippen LogP contribution in [0.4, 0.5) is 0 Å². The SMILES string of the molecule is N#CC(O)C(O)c1ccc(Cl)cc1C=O. The molecular weight excluding hydrogens is 218 g/mol. The van der Waals surface area contributed by atoms with Gasteiger partial charge < -0.3 is 10.2 Å². The van der Waals surface area contributed by atoms with Gasteiger partial charge in [0.2, 0.25) is 0 Å². The Morgan fingerprint density at radius 3 is 2.67 bits per heavy atom. The molecule has 78 valence electrons. The van der Waals surface area contributed by atoms with E-state index in [1.54, 1.807) is 0 Å². The van der Waals surface area contributed by atoms with Crippen LogP contribution in [0.15, 0.2) is 18.2 Å². The molecule has 0 radical (unpaired) electrons. The number of carbonyl (C=O) groups is 1. The van der Waals surface area contributed by atoms with Crippen LogP contribution in [0.2, 0.25) is 5.02 Å². The fourth-order valence-corrected chi connectivity index (χ4v) is 1.34. The molecule has 0 aliphatic rings. The first-order chi connectivity index (χ1) is 7.10. The highest BCUT2D eigenvalue weighted by Crippen LogP contribution is 2.23. The molecule has 0 saturated heterocycles. The average molecular weight is 226 g/mol. The lowest BCUT2D eigenvalue weighted by Crippen LogP contribution is -2.17. The molecular formula is C10H8ClNO3. The summed E-state index contributed by atoms with van der Waals surface area (Å²) in [7, 11) is 0. The number of rotatable bonds is 3. The first-order valence-electron chi connectivity index (χ1n) is 4.10. The molecule has 1 aromatic rings. The molecule has 1 rings (SSSR count). The molecule has 0 aromatic heterocycles. The maximum absolute atomic E-state index is 10.7. The lowest BCUT2D eigenvalue weighted by molar-refractivity contribution is 0.0522. The predicted molar refractivity (Wildman–Crippen MR) is 53.4 cm³/mol. The van der Waals surface area contributed by atoms with Crippen LogP contribution in [0.3, 0.4) is 0 Å². The highest BCUT2D eigenvalue weighted by molar-refractivity contribution is 6.30. The lowest BCUT2D eigenvalue weighted by atomic mass is 10.00. The first-order valence-corrected chi connectivity index (χ1v) is 4.48. The third kappa shape index (κ3) is 2.54. The molecule has 0 spiro atoms. The summed E-state index contributed by atoms with van der Waals surface area (Å²) in [5.74, 6) is 0. The van der Waals surface area contributed by atoms with Crippen molar-refractivity contribution in [3.8, 4) is 6.07 Å². The smallest absolute Gasteiger partial charge is 0.170 e. The number of aliphatic hydroxyl groups excluding tert-OH is 2. The summed E-state index contributed by atoms with van der Waals surface area (Å²) in [4.78, 5) is 10.7. The van der Waals surface area contributed by atoms with Gasteiger partial charge in [0, 0.05) is 10.6 Å². The van der Waals surface area contributed by atoms with Crippen LogP contribution in [-0.4, -0.2) is 22.6 Å². The lowest BCUT2D eigenvalue weighted by Gasteiger charge is -2.13. The van der Waals surface area contributed by atoms with Gasteiger partial charge in [0.25, 0.3) is 0 Å². The second-order valence-electron chi connectivity index (χ2n) is 2.91. The van der Waals surface area contributed by atoms with Crippen molar-refractivity contribution in [2.24, 2.45) is 0 Å². The van der Waals surface area contributed by atoms with Crippen molar-refractivity contribution in [2.45, 2.75) is 12.2 Å². The van der Waals surface area contributed by atoms with Crippen molar-refractivity contribution in [3.05, 3.63) is 34.3 Å². The van der Waals surface area contributed by atoms with E-state index in [-0.39, 0.29) is 11.1 Å². The summed E-state index contributed by atoms with van der Waals surface area (Å²) in [6, 6.07) is 5.71. The molecule has 2 N–H and O–H groups in total. The second kappa shape index (κ2) is 4.89. The minimum Gasteiger partial charge on any atom is -0.385 e. The Hall–Kier alpha value is -1.41. The Morgan fingerprint density at radius 2 is 2.13 bits per heavy atom. The van der Waals surface area contributed by atoms with Gasteiger partial charge in [0.05, 0.1) is 6.07 Å². The van der Waals surface area contributed by atoms with Gasteiger partial charge in [-0.25, -0.2) is 0 Å². The number of nitriles is 1. The molecule has 5 heteroatoms. The van der Waals surface area contributed by atoms with Gasteiger partial charge in [0.15, 0.2) is 6.10 Å². The summed E-state index contributed by atoms with van der Waals surface area (Å²) in [6.45, 7) is 0. The van der Waals surface area contributed by atoms with Crippen molar-refractivity contribution in [2.75, 3.05) is 0 Å².